The molecule has 2 aromatic carbocycles. The third-order valence-electron chi connectivity index (χ3n) is 5.39. The fraction of sp³-hybridized carbons (Fsp3) is 0.400. The number of benzene rings is 2. The van der Waals surface area contributed by atoms with Crippen molar-refractivity contribution < 1.29 is 14.4 Å². The summed E-state index contributed by atoms with van der Waals surface area (Å²) in [6.45, 7) is 3.90. The maximum absolute atomic E-state index is 12.4. The topological polar surface area (TPSA) is 99.3 Å². The molecule has 0 atom stereocenters. The van der Waals surface area contributed by atoms with E-state index in [0.29, 0.717) is 16.8 Å². The molecule has 3 rings (SSSR count). The van der Waals surface area contributed by atoms with E-state index in [2.05, 4.69) is 21.3 Å². The number of anilines is 2. The Balaban J connectivity index is 1.44. The molecular weight excluding hydrogens is 404 g/mol. The van der Waals surface area contributed by atoms with Crippen LogP contribution >= 0.6 is 0 Å². The zero-order valence-electron chi connectivity index (χ0n) is 18.7. The Kier molecular flexibility index (Phi) is 8.25. The van der Waals surface area contributed by atoms with E-state index < -0.39 is 0 Å². The summed E-state index contributed by atoms with van der Waals surface area (Å²) in [5.41, 5.74) is 2.54. The van der Waals surface area contributed by atoms with Crippen LogP contribution in [0.4, 0.5) is 11.4 Å². The number of carbonyl (C=O) groups is 3. The lowest BCUT2D eigenvalue weighted by atomic mass is 9.95. The predicted molar refractivity (Wildman–Crippen MR) is 127 cm³/mol. The standard InChI is InChI=1S/C25H32N4O3/c1-17(2)27-24(31)18-8-12-20(13-9-18)26-16-23(30)28-22-14-10-19(11-15-22)25(32)29-21-6-4-3-5-7-21/h8-15,17,21,26H,3-7,16H2,1-2H3,(H,27,31)(H,28,30)(H,29,32). The van der Waals surface area contributed by atoms with Crippen molar-refractivity contribution >= 4 is 29.1 Å². The van der Waals surface area contributed by atoms with Crippen LogP contribution in [0.2, 0.25) is 0 Å². The predicted octanol–water partition coefficient (Wildman–Crippen LogP) is 3.94. The maximum Gasteiger partial charge on any atom is 0.251 e. The fourth-order valence-corrected chi connectivity index (χ4v) is 3.69. The van der Waals surface area contributed by atoms with Gasteiger partial charge in [-0.15, -0.1) is 0 Å². The lowest BCUT2D eigenvalue weighted by Crippen LogP contribution is -2.36. The van der Waals surface area contributed by atoms with Gasteiger partial charge in [0, 0.05) is 34.6 Å². The van der Waals surface area contributed by atoms with E-state index >= 15 is 0 Å². The summed E-state index contributed by atoms with van der Waals surface area (Å²) in [5, 5.41) is 11.8. The molecule has 1 fully saturated rings. The van der Waals surface area contributed by atoms with E-state index in [-0.39, 0.29) is 36.3 Å². The van der Waals surface area contributed by atoms with Gasteiger partial charge in [0.25, 0.3) is 11.8 Å². The monoisotopic (exact) mass is 436 g/mol. The highest BCUT2D eigenvalue weighted by Crippen LogP contribution is 2.18. The van der Waals surface area contributed by atoms with Crippen LogP contribution in [0.15, 0.2) is 48.5 Å². The number of nitrogens with one attached hydrogen (secondary N) is 4. The molecule has 2 aromatic rings. The van der Waals surface area contributed by atoms with Crippen LogP contribution in [0.5, 0.6) is 0 Å². The average molecular weight is 437 g/mol. The summed E-state index contributed by atoms with van der Waals surface area (Å²) in [6.07, 6.45) is 5.67. The minimum Gasteiger partial charge on any atom is -0.376 e. The molecule has 1 aliphatic carbocycles. The Bertz CT molecular complexity index is 917. The lowest BCUT2D eigenvalue weighted by molar-refractivity contribution is -0.114. The molecule has 3 amide bonds. The molecule has 1 saturated carbocycles. The number of hydrogen-bond donors (Lipinski definition) is 4. The van der Waals surface area contributed by atoms with E-state index in [1.165, 1.54) is 19.3 Å². The fourth-order valence-electron chi connectivity index (χ4n) is 3.69. The van der Waals surface area contributed by atoms with Crippen LogP contribution in [0.3, 0.4) is 0 Å². The summed E-state index contributed by atoms with van der Waals surface area (Å²) < 4.78 is 0. The van der Waals surface area contributed by atoms with E-state index in [1.54, 1.807) is 48.5 Å². The molecule has 0 aliphatic heterocycles. The number of hydrogen-bond acceptors (Lipinski definition) is 4. The van der Waals surface area contributed by atoms with Gasteiger partial charge in [0.05, 0.1) is 6.54 Å². The highest BCUT2D eigenvalue weighted by molar-refractivity contribution is 5.97. The quantitative estimate of drug-likeness (QED) is 0.504. The van der Waals surface area contributed by atoms with E-state index in [0.717, 1.165) is 18.5 Å². The Labute approximate surface area is 189 Å². The molecule has 1 aliphatic rings. The van der Waals surface area contributed by atoms with Crippen molar-refractivity contribution in [1.29, 1.82) is 0 Å². The normalized spacial score (nSPS) is 14.0. The first kappa shape index (κ1) is 23.3. The summed E-state index contributed by atoms with van der Waals surface area (Å²) in [6, 6.07) is 14.2. The van der Waals surface area contributed by atoms with Crippen LogP contribution in [-0.2, 0) is 4.79 Å². The van der Waals surface area contributed by atoms with Crippen molar-refractivity contribution in [3.8, 4) is 0 Å². The third-order valence-corrected chi connectivity index (χ3v) is 5.39. The molecule has 7 nitrogen and oxygen atoms in total. The molecule has 32 heavy (non-hydrogen) atoms. The molecule has 7 heteroatoms. The minimum atomic E-state index is -0.203. The molecule has 0 bridgehead atoms. The molecular formula is C25H32N4O3. The molecule has 4 N–H and O–H groups in total. The number of rotatable bonds is 8. The minimum absolute atomic E-state index is 0.0676. The summed E-state index contributed by atoms with van der Waals surface area (Å²) >= 11 is 0. The van der Waals surface area contributed by atoms with Crippen molar-refractivity contribution in [3.63, 3.8) is 0 Å². The van der Waals surface area contributed by atoms with Gasteiger partial charge in [-0.3, -0.25) is 14.4 Å². The van der Waals surface area contributed by atoms with Crippen LogP contribution in [-0.4, -0.2) is 36.3 Å². The van der Waals surface area contributed by atoms with Crippen LogP contribution in [0.1, 0.15) is 66.7 Å². The van der Waals surface area contributed by atoms with Crippen molar-refractivity contribution in [2.75, 3.05) is 17.2 Å². The second kappa shape index (κ2) is 11.3. The van der Waals surface area contributed by atoms with Gasteiger partial charge in [-0.1, -0.05) is 19.3 Å². The van der Waals surface area contributed by atoms with E-state index in [1.807, 2.05) is 13.8 Å². The average Bonchev–Trinajstić information content (AvgIpc) is 2.79. The summed E-state index contributed by atoms with van der Waals surface area (Å²) in [7, 11) is 0. The molecule has 170 valence electrons. The lowest BCUT2D eigenvalue weighted by Gasteiger charge is -2.22. The van der Waals surface area contributed by atoms with Gasteiger partial charge in [0.1, 0.15) is 0 Å². The highest BCUT2D eigenvalue weighted by Gasteiger charge is 2.16. The summed E-state index contributed by atoms with van der Waals surface area (Å²) in [5.74, 6) is -0.395. The van der Waals surface area contributed by atoms with Crippen molar-refractivity contribution in [2.24, 2.45) is 0 Å². The van der Waals surface area contributed by atoms with Crippen LogP contribution in [0, 0.1) is 0 Å². The molecule has 0 heterocycles. The van der Waals surface area contributed by atoms with Crippen LogP contribution < -0.4 is 21.3 Å². The van der Waals surface area contributed by atoms with Crippen LogP contribution in [0.25, 0.3) is 0 Å². The van der Waals surface area contributed by atoms with Crippen molar-refractivity contribution in [3.05, 3.63) is 59.7 Å². The molecule has 0 aromatic heterocycles. The highest BCUT2D eigenvalue weighted by atomic mass is 16.2. The third kappa shape index (κ3) is 7.11. The van der Waals surface area contributed by atoms with Gasteiger partial charge >= 0.3 is 0 Å². The largest absolute Gasteiger partial charge is 0.376 e. The first-order valence-corrected chi connectivity index (χ1v) is 11.3. The Morgan fingerprint density at radius 1 is 0.812 bits per heavy atom. The zero-order valence-corrected chi connectivity index (χ0v) is 18.7. The molecule has 0 saturated heterocycles. The van der Waals surface area contributed by atoms with Gasteiger partial charge in [-0.2, -0.15) is 0 Å². The molecule has 0 unspecified atom stereocenters. The van der Waals surface area contributed by atoms with Gasteiger partial charge in [-0.25, -0.2) is 0 Å². The van der Waals surface area contributed by atoms with Gasteiger partial charge in [-0.05, 0) is 75.2 Å². The van der Waals surface area contributed by atoms with Gasteiger partial charge in [0.2, 0.25) is 5.91 Å². The molecule has 0 spiro atoms. The summed E-state index contributed by atoms with van der Waals surface area (Å²) in [4.78, 5) is 36.6. The van der Waals surface area contributed by atoms with Gasteiger partial charge < -0.3 is 21.3 Å². The smallest absolute Gasteiger partial charge is 0.251 e. The number of amides is 3. The van der Waals surface area contributed by atoms with Gasteiger partial charge in [0.15, 0.2) is 0 Å². The Morgan fingerprint density at radius 2 is 1.38 bits per heavy atom. The van der Waals surface area contributed by atoms with Crippen molar-refractivity contribution in [1.82, 2.24) is 10.6 Å². The SMILES string of the molecule is CC(C)NC(=O)c1ccc(NCC(=O)Nc2ccc(C(=O)NC3CCCCC3)cc2)cc1. The Hall–Kier alpha value is -3.35. The Morgan fingerprint density at radius 3 is 1.97 bits per heavy atom. The zero-order chi connectivity index (χ0) is 22.9. The second-order valence-corrected chi connectivity index (χ2v) is 8.49. The maximum atomic E-state index is 12.4. The second-order valence-electron chi connectivity index (χ2n) is 8.49. The first-order chi connectivity index (χ1) is 15.4. The number of carbonyl (C=O) groups excluding carboxylic acids is 3. The van der Waals surface area contributed by atoms with E-state index in [9.17, 15) is 14.4 Å². The first-order valence-electron chi connectivity index (χ1n) is 11.3. The van der Waals surface area contributed by atoms with E-state index in [4.69, 9.17) is 0 Å². The molecule has 0 radical (unpaired) electrons. The van der Waals surface area contributed by atoms with Crippen molar-refractivity contribution in [2.45, 2.75) is 58.0 Å².